The molecule has 0 aromatic heterocycles. The number of carboxylic acids is 1. The van der Waals surface area contributed by atoms with Gasteiger partial charge in [0.15, 0.2) is 17.7 Å². The van der Waals surface area contributed by atoms with Crippen LogP contribution in [-0.2, 0) is 16.0 Å². The van der Waals surface area contributed by atoms with Gasteiger partial charge >= 0.3 is 5.97 Å². The standard InChI is InChI=1S/C20H21F2NO3/c1-13(7-8-14-5-3-2-4-6-14)11-18(24)23-19(20(25)26)15-9-10-16(21)17(22)12-15/h2-6,9-10,12-13,19H,7-8,11H2,1H3,(H,23,24)(H,25,26)/t13-,19-/m0/s1. The molecule has 0 aliphatic rings. The zero-order valence-electron chi connectivity index (χ0n) is 14.4. The van der Waals surface area contributed by atoms with Crippen LogP contribution in [0.4, 0.5) is 8.78 Å². The zero-order chi connectivity index (χ0) is 19.1. The Morgan fingerprint density at radius 1 is 1.08 bits per heavy atom. The van der Waals surface area contributed by atoms with Crippen molar-refractivity contribution in [3.8, 4) is 0 Å². The molecule has 2 N–H and O–H groups in total. The van der Waals surface area contributed by atoms with Crippen LogP contribution in [0, 0.1) is 17.6 Å². The van der Waals surface area contributed by atoms with Gasteiger partial charge in [0.25, 0.3) is 0 Å². The minimum Gasteiger partial charge on any atom is -0.479 e. The number of aryl methyl sites for hydroxylation is 1. The van der Waals surface area contributed by atoms with Crippen LogP contribution in [-0.4, -0.2) is 17.0 Å². The highest BCUT2D eigenvalue weighted by Crippen LogP contribution is 2.18. The number of hydrogen-bond acceptors (Lipinski definition) is 2. The van der Waals surface area contributed by atoms with Crippen LogP contribution in [0.5, 0.6) is 0 Å². The van der Waals surface area contributed by atoms with Crippen molar-refractivity contribution in [1.82, 2.24) is 5.32 Å². The Balaban J connectivity index is 1.92. The number of halogens is 2. The minimum atomic E-state index is -1.42. The van der Waals surface area contributed by atoms with Gasteiger partial charge in [0, 0.05) is 6.42 Å². The Morgan fingerprint density at radius 2 is 1.77 bits per heavy atom. The predicted octanol–water partition coefficient (Wildman–Crippen LogP) is 3.87. The van der Waals surface area contributed by atoms with E-state index in [0.29, 0.717) is 0 Å². The molecule has 26 heavy (non-hydrogen) atoms. The fraction of sp³-hybridized carbons (Fsp3) is 0.300. The first-order chi connectivity index (χ1) is 12.4. The van der Waals surface area contributed by atoms with Crippen molar-refractivity contribution < 1.29 is 23.5 Å². The third-order valence-electron chi connectivity index (χ3n) is 4.13. The molecule has 2 rings (SSSR count). The topological polar surface area (TPSA) is 66.4 Å². The number of amides is 1. The van der Waals surface area contributed by atoms with E-state index in [0.717, 1.165) is 31.0 Å². The lowest BCUT2D eigenvalue weighted by molar-refractivity contribution is -0.142. The third-order valence-corrected chi connectivity index (χ3v) is 4.13. The molecule has 2 aromatic carbocycles. The Bertz CT molecular complexity index is 765. The van der Waals surface area contributed by atoms with Crippen molar-refractivity contribution >= 4 is 11.9 Å². The van der Waals surface area contributed by atoms with E-state index in [2.05, 4.69) is 5.32 Å². The van der Waals surface area contributed by atoms with E-state index in [1.165, 1.54) is 5.56 Å². The van der Waals surface area contributed by atoms with Crippen LogP contribution in [0.2, 0.25) is 0 Å². The first kappa shape index (κ1) is 19.6. The van der Waals surface area contributed by atoms with E-state index in [-0.39, 0.29) is 17.9 Å². The van der Waals surface area contributed by atoms with E-state index >= 15 is 0 Å². The predicted molar refractivity (Wildman–Crippen MR) is 93.4 cm³/mol. The van der Waals surface area contributed by atoms with Gasteiger partial charge in [-0.25, -0.2) is 13.6 Å². The zero-order valence-corrected chi connectivity index (χ0v) is 14.4. The van der Waals surface area contributed by atoms with Crippen molar-refractivity contribution in [2.24, 2.45) is 5.92 Å². The SMILES string of the molecule is C[C@@H](CCc1ccccc1)CC(=O)N[C@H](C(=O)O)c1ccc(F)c(F)c1. The maximum atomic E-state index is 13.3. The number of carboxylic acid groups (broad SMARTS) is 1. The molecule has 4 nitrogen and oxygen atoms in total. The second kappa shape index (κ2) is 9.08. The second-order valence-electron chi connectivity index (χ2n) is 6.35. The summed E-state index contributed by atoms with van der Waals surface area (Å²) in [5.41, 5.74) is 1.16. The van der Waals surface area contributed by atoms with Gasteiger partial charge in [0.2, 0.25) is 5.91 Å². The molecule has 0 saturated carbocycles. The lowest BCUT2D eigenvalue weighted by atomic mass is 9.97. The van der Waals surface area contributed by atoms with Crippen LogP contribution < -0.4 is 5.32 Å². The number of rotatable bonds is 8. The molecule has 138 valence electrons. The van der Waals surface area contributed by atoms with E-state index in [9.17, 15) is 23.5 Å². The molecule has 6 heteroatoms. The van der Waals surface area contributed by atoms with E-state index in [4.69, 9.17) is 0 Å². The van der Waals surface area contributed by atoms with Crippen molar-refractivity contribution in [3.63, 3.8) is 0 Å². The Hall–Kier alpha value is -2.76. The number of aliphatic carboxylic acids is 1. The Labute approximate surface area is 150 Å². The van der Waals surface area contributed by atoms with Gasteiger partial charge in [-0.3, -0.25) is 4.79 Å². The van der Waals surface area contributed by atoms with Gasteiger partial charge in [0.05, 0.1) is 0 Å². The summed E-state index contributed by atoms with van der Waals surface area (Å²) in [7, 11) is 0. The van der Waals surface area contributed by atoms with Crippen LogP contribution in [0.3, 0.4) is 0 Å². The normalized spacial score (nSPS) is 13.0. The summed E-state index contributed by atoms with van der Waals surface area (Å²) in [4.78, 5) is 23.6. The van der Waals surface area contributed by atoms with E-state index < -0.39 is 29.6 Å². The highest BCUT2D eigenvalue weighted by atomic mass is 19.2. The lowest BCUT2D eigenvalue weighted by Crippen LogP contribution is -2.34. The molecule has 0 saturated heterocycles. The van der Waals surface area contributed by atoms with Crippen LogP contribution in [0.15, 0.2) is 48.5 Å². The molecule has 0 aliphatic carbocycles. The molecule has 0 spiro atoms. The van der Waals surface area contributed by atoms with Crippen molar-refractivity contribution in [2.45, 2.75) is 32.2 Å². The molecule has 0 radical (unpaired) electrons. The monoisotopic (exact) mass is 361 g/mol. The number of carbonyl (C=O) groups excluding carboxylic acids is 1. The molecule has 2 aromatic rings. The average molecular weight is 361 g/mol. The second-order valence-corrected chi connectivity index (χ2v) is 6.35. The van der Waals surface area contributed by atoms with Gasteiger partial charge in [-0.2, -0.15) is 0 Å². The summed E-state index contributed by atoms with van der Waals surface area (Å²) in [6.45, 7) is 1.91. The number of benzene rings is 2. The molecule has 0 fully saturated rings. The summed E-state index contributed by atoms with van der Waals surface area (Å²) in [6, 6.07) is 11.2. The van der Waals surface area contributed by atoms with Gasteiger partial charge in [-0.05, 0) is 42.0 Å². The summed E-state index contributed by atoms with van der Waals surface area (Å²) in [5, 5.41) is 11.7. The number of hydrogen-bond donors (Lipinski definition) is 2. The molecular weight excluding hydrogens is 340 g/mol. The fourth-order valence-corrected chi connectivity index (χ4v) is 2.68. The van der Waals surface area contributed by atoms with E-state index in [1.54, 1.807) is 0 Å². The highest BCUT2D eigenvalue weighted by Gasteiger charge is 2.24. The van der Waals surface area contributed by atoms with Crippen molar-refractivity contribution in [2.75, 3.05) is 0 Å². The Kier molecular flexibility index (Phi) is 6.83. The van der Waals surface area contributed by atoms with Crippen molar-refractivity contribution in [1.29, 1.82) is 0 Å². The third kappa shape index (κ3) is 5.65. The molecule has 0 unspecified atom stereocenters. The molecule has 0 bridgehead atoms. The van der Waals surface area contributed by atoms with Crippen LogP contribution in [0.25, 0.3) is 0 Å². The molecule has 2 atom stereocenters. The number of carbonyl (C=O) groups is 2. The van der Waals surface area contributed by atoms with Gasteiger partial charge in [-0.1, -0.05) is 43.3 Å². The maximum Gasteiger partial charge on any atom is 0.330 e. The first-order valence-electron chi connectivity index (χ1n) is 8.38. The minimum absolute atomic E-state index is 0.0123. The Morgan fingerprint density at radius 3 is 2.38 bits per heavy atom. The lowest BCUT2D eigenvalue weighted by Gasteiger charge is -2.17. The van der Waals surface area contributed by atoms with Gasteiger partial charge < -0.3 is 10.4 Å². The molecule has 0 heterocycles. The number of nitrogens with one attached hydrogen (secondary N) is 1. The summed E-state index contributed by atoms with van der Waals surface area (Å²) in [5.74, 6) is -3.95. The van der Waals surface area contributed by atoms with E-state index in [1.807, 2.05) is 37.3 Å². The first-order valence-corrected chi connectivity index (χ1v) is 8.38. The maximum absolute atomic E-state index is 13.3. The highest BCUT2D eigenvalue weighted by molar-refractivity contribution is 5.84. The summed E-state index contributed by atoms with van der Waals surface area (Å²) in [6.07, 6.45) is 1.75. The molecule has 1 amide bonds. The van der Waals surface area contributed by atoms with Crippen molar-refractivity contribution in [3.05, 3.63) is 71.3 Å². The average Bonchev–Trinajstić information content (AvgIpc) is 2.61. The largest absolute Gasteiger partial charge is 0.479 e. The summed E-state index contributed by atoms with van der Waals surface area (Å²) < 4.78 is 26.3. The van der Waals surface area contributed by atoms with Gasteiger partial charge in [-0.15, -0.1) is 0 Å². The summed E-state index contributed by atoms with van der Waals surface area (Å²) >= 11 is 0. The van der Waals surface area contributed by atoms with Crippen LogP contribution >= 0.6 is 0 Å². The molecule has 0 aliphatic heterocycles. The molecular formula is C20H21F2NO3. The van der Waals surface area contributed by atoms with Crippen LogP contribution in [0.1, 0.15) is 36.9 Å². The quantitative estimate of drug-likeness (QED) is 0.750. The smallest absolute Gasteiger partial charge is 0.330 e. The fourth-order valence-electron chi connectivity index (χ4n) is 2.68. The van der Waals surface area contributed by atoms with Gasteiger partial charge in [0.1, 0.15) is 0 Å².